The molecule has 172 valence electrons. The van der Waals surface area contributed by atoms with E-state index >= 15 is 0 Å². The van der Waals surface area contributed by atoms with Crippen LogP contribution in [0.15, 0.2) is 47.6 Å². The molecule has 0 fully saturated rings. The third-order valence-corrected chi connectivity index (χ3v) is 6.21. The highest BCUT2D eigenvalue weighted by atomic mass is 16.5. The molecule has 0 aliphatic carbocycles. The molecule has 33 heavy (non-hydrogen) atoms. The van der Waals surface area contributed by atoms with Crippen molar-refractivity contribution in [1.29, 1.82) is 0 Å². The number of pyridine rings is 1. The van der Waals surface area contributed by atoms with Crippen LogP contribution < -0.4 is 5.73 Å². The summed E-state index contributed by atoms with van der Waals surface area (Å²) in [5, 5.41) is 18.3. The van der Waals surface area contributed by atoms with E-state index in [9.17, 15) is 5.11 Å². The van der Waals surface area contributed by atoms with Crippen LogP contribution in [0.2, 0.25) is 0 Å². The maximum atomic E-state index is 9.60. The number of nitrogen functional groups attached to an aromatic ring is 1. The van der Waals surface area contributed by atoms with Crippen LogP contribution in [0.4, 0.5) is 5.95 Å². The summed E-state index contributed by atoms with van der Waals surface area (Å²) < 4.78 is 7.30. The van der Waals surface area contributed by atoms with E-state index in [0.29, 0.717) is 17.3 Å². The Bertz CT molecular complexity index is 1230. The second-order valence-electron chi connectivity index (χ2n) is 9.19. The summed E-state index contributed by atoms with van der Waals surface area (Å²) in [6.07, 6.45) is 8.58. The van der Waals surface area contributed by atoms with Crippen molar-refractivity contribution < 1.29 is 9.63 Å². The second kappa shape index (κ2) is 8.36. The third-order valence-electron chi connectivity index (χ3n) is 6.21. The van der Waals surface area contributed by atoms with Crippen LogP contribution in [0, 0.1) is 5.92 Å². The van der Waals surface area contributed by atoms with Gasteiger partial charge in [0.05, 0.1) is 35.0 Å². The largest absolute Gasteiger partial charge is 0.394 e. The summed E-state index contributed by atoms with van der Waals surface area (Å²) in [6.45, 7) is 10.0. The van der Waals surface area contributed by atoms with Crippen molar-refractivity contribution in [3.8, 4) is 22.7 Å². The highest BCUT2D eigenvalue weighted by Crippen LogP contribution is 2.38. The summed E-state index contributed by atoms with van der Waals surface area (Å²) in [4.78, 5) is 17.4. The lowest BCUT2D eigenvalue weighted by atomic mass is 9.73. The Morgan fingerprint density at radius 2 is 1.76 bits per heavy atom. The number of nitrogens with two attached hydrogens (primary N) is 1. The van der Waals surface area contributed by atoms with Gasteiger partial charge >= 0.3 is 0 Å². The van der Waals surface area contributed by atoms with E-state index in [0.717, 1.165) is 16.8 Å². The minimum Gasteiger partial charge on any atom is -0.394 e. The molecule has 0 unspecified atom stereocenters. The van der Waals surface area contributed by atoms with Gasteiger partial charge in [-0.2, -0.15) is 10.1 Å². The van der Waals surface area contributed by atoms with Crippen molar-refractivity contribution in [2.24, 2.45) is 5.92 Å². The van der Waals surface area contributed by atoms with Gasteiger partial charge in [0.2, 0.25) is 5.95 Å². The molecule has 0 aromatic carbocycles. The van der Waals surface area contributed by atoms with E-state index in [4.69, 9.17) is 15.2 Å². The summed E-state index contributed by atoms with van der Waals surface area (Å²) in [7, 11) is 0. The van der Waals surface area contributed by atoms with Gasteiger partial charge in [-0.15, -0.1) is 0 Å². The van der Waals surface area contributed by atoms with Crippen LogP contribution >= 0.6 is 0 Å². The smallest absolute Gasteiger partial charge is 0.261 e. The Hall–Kier alpha value is -3.66. The van der Waals surface area contributed by atoms with Gasteiger partial charge in [0.1, 0.15) is 0 Å². The molecule has 0 aliphatic rings. The molecule has 4 aromatic rings. The lowest BCUT2D eigenvalue weighted by molar-refractivity contribution is 0.152. The minimum absolute atomic E-state index is 0.0416. The average Bonchev–Trinajstić information content (AvgIpc) is 3.49. The van der Waals surface area contributed by atoms with E-state index in [1.54, 1.807) is 29.5 Å². The van der Waals surface area contributed by atoms with E-state index in [-0.39, 0.29) is 18.5 Å². The van der Waals surface area contributed by atoms with Crippen molar-refractivity contribution in [3.63, 3.8) is 0 Å². The van der Waals surface area contributed by atoms with Crippen LogP contribution in [0.5, 0.6) is 0 Å². The molecule has 4 rings (SSSR count). The van der Waals surface area contributed by atoms with Gasteiger partial charge in [0.25, 0.3) is 5.89 Å². The van der Waals surface area contributed by atoms with Gasteiger partial charge in [-0.3, -0.25) is 9.67 Å². The lowest BCUT2D eigenvalue weighted by Crippen LogP contribution is -2.31. The number of hydrogen-bond acceptors (Lipinski definition) is 9. The Kier molecular flexibility index (Phi) is 5.71. The van der Waals surface area contributed by atoms with Crippen molar-refractivity contribution in [2.75, 3.05) is 12.3 Å². The zero-order valence-corrected chi connectivity index (χ0v) is 19.4. The van der Waals surface area contributed by atoms with E-state index in [1.807, 2.05) is 32.2 Å². The number of hydrogen-bond donors (Lipinski definition) is 2. The molecule has 10 heteroatoms. The normalized spacial score (nSPS) is 13.9. The molecule has 0 amide bonds. The number of rotatable bonds is 7. The van der Waals surface area contributed by atoms with Gasteiger partial charge in [-0.05, 0) is 38.3 Å². The van der Waals surface area contributed by atoms with Gasteiger partial charge in [0.15, 0.2) is 5.82 Å². The van der Waals surface area contributed by atoms with Crippen molar-refractivity contribution in [3.05, 3.63) is 54.5 Å². The second-order valence-corrected chi connectivity index (χ2v) is 9.19. The molecule has 0 radical (unpaired) electrons. The molecule has 0 spiro atoms. The van der Waals surface area contributed by atoms with E-state index < -0.39 is 11.0 Å². The minimum atomic E-state index is -0.536. The maximum Gasteiger partial charge on any atom is 0.261 e. The maximum absolute atomic E-state index is 9.60. The Balaban J connectivity index is 1.66. The quantitative estimate of drug-likeness (QED) is 0.436. The first kappa shape index (κ1) is 22.5. The molecule has 3 N–H and O–H groups in total. The highest BCUT2D eigenvalue weighted by molar-refractivity contribution is 5.58. The van der Waals surface area contributed by atoms with Gasteiger partial charge < -0.3 is 15.4 Å². The van der Waals surface area contributed by atoms with Crippen molar-refractivity contribution in [1.82, 2.24) is 34.9 Å². The van der Waals surface area contributed by atoms with E-state index in [2.05, 4.69) is 46.0 Å². The summed E-state index contributed by atoms with van der Waals surface area (Å²) in [5.74, 6) is 1.32. The fraction of sp³-hybridized carbons (Fsp3) is 0.391. The van der Waals surface area contributed by atoms with Crippen LogP contribution in [0.3, 0.4) is 0 Å². The van der Waals surface area contributed by atoms with Crippen molar-refractivity contribution in [2.45, 2.75) is 45.6 Å². The topological polar surface area (TPSA) is 142 Å². The predicted molar refractivity (Wildman–Crippen MR) is 123 cm³/mol. The molecule has 0 saturated heterocycles. The molecule has 1 atom stereocenters. The fourth-order valence-corrected chi connectivity index (χ4v) is 3.45. The molecule has 0 aliphatic heterocycles. The molecule has 4 aromatic heterocycles. The van der Waals surface area contributed by atoms with Gasteiger partial charge in [-0.25, -0.2) is 9.97 Å². The summed E-state index contributed by atoms with van der Waals surface area (Å²) >= 11 is 0. The van der Waals surface area contributed by atoms with E-state index in [1.165, 1.54) is 0 Å². The fourth-order valence-electron chi connectivity index (χ4n) is 3.45. The number of anilines is 1. The monoisotopic (exact) mass is 448 g/mol. The zero-order chi connectivity index (χ0) is 23.8. The Morgan fingerprint density at radius 3 is 2.36 bits per heavy atom. The number of aliphatic hydroxyl groups excluding tert-OH is 1. The van der Waals surface area contributed by atoms with Crippen molar-refractivity contribution >= 4 is 5.95 Å². The predicted octanol–water partition coefficient (Wildman–Crippen LogP) is 3.06. The summed E-state index contributed by atoms with van der Waals surface area (Å²) in [5.41, 5.74) is 7.69. The van der Waals surface area contributed by atoms with Crippen LogP contribution in [0.1, 0.15) is 46.0 Å². The van der Waals surface area contributed by atoms with Crippen LogP contribution in [0.25, 0.3) is 22.7 Å². The Morgan fingerprint density at radius 1 is 1.03 bits per heavy atom. The number of nitrogens with zero attached hydrogens (tertiary/aromatic N) is 7. The molecule has 0 saturated carbocycles. The molecule has 10 nitrogen and oxygen atoms in total. The highest BCUT2D eigenvalue weighted by Gasteiger charge is 2.38. The average molecular weight is 449 g/mol. The summed E-state index contributed by atoms with van der Waals surface area (Å²) in [6, 6.07) is 3.93. The first-order chi connectivity index (χ1) is 15.6. The third kappa shape index (κ3) is 4.09. The van der Waals surface area contributed by atoms with Gasteiger partial charge in [0, 0.05) is 30.4 Å². The standard InChI is InChI=1S/C23H28N8O2/c1-14(2)23(5,17-6-7-18(25-11-17)15-8-26-21(24)27-9-15)20-29-19(33-30-20)16-10-28-31(12-16)22(3,4)13-32/h6-12,14,32H,13H2,1-5H3,(H2,24,26,27)/t23-/m1/s1. The molecule has 4 heterocycles. The molecule has 0 bridgehead atoms. The van der Waals surface area contributed by atoms with Gasteiger partial charge in [-0.1, -0.05) is 25.1 Å². The van der Waals surface area contributed by atoms with Crippen LogP contribution in [-0.2, 0) is 11.0 Å². The first-order valence-electron chi connectivity index (χ1n) is 10.7. The Labute approximate surface area is 191 Å². The van der Waals surface area contributed by atoms with Crippen LogP contribution in [-0.4, -0.2) is 46.6 Å². The number of aliphatic hydroxyl groups is 1. The lowest BCUT2D eigenvalue weighted by Gasteiger charge is -2.30. The first-order valence-corrected chi connectivity index (χ1v) is 10.7. The molecular weight excluding hydrogens is 420 g/mol. The zero-order valence-electron chi connectivity index (χ0n) is 19.4. The SMILES string of the molecule is CC(C)[C@](C)(c1ccc(-c2cnc(N)nc2)nc1)c1noc(-c2cnn(C(C)(C)CO)c2)n1. The molecular formula is C23H28N8O2. The number of aromatic nitrogens is 7.